The average Bonchev–Trinajstić information content (AvgIpc) is 3.13. The Labute approximate surface area is 182 Å². The maximum Gasteiger partial charge on any atom is 0.305 e. The van der Waals surface area contributed by atoms with E-state index in [-0.39, 0.29) is 24.5 Å². The molecule has 2 aliphatic rings. The van der Waals surface area contributed by atoms with Crippen LogP contribution in [0.4, 0.5) is 0 Å². The van der Waals surface area contributed by atoms with Crippen LogP contribution in [0, 0.1) is 17.8 Å². The van der Waals surface area contributed by atoms with E-state index in [1.54, 1.807) is 6.92 Å². The van der Waals surface area contributed by atoms with Crippen LogP contribution in [0.5, 0.6) is 5.75 Å². The van der Waals surface area contributed by atoms with Crippen molar-refractivity contribution in [3.63, 3.8) is 0 Å². The Balaban J connectivity index is 0.000000921. The largest absolute Gasteiger partial charge is 0.489 e. The van der Waals surface area contributed by atoms with Crippen LogP contribution in [0.1, 0.15) is 63.9 Å². The zero-order valence-electron chi connectivity index (χ0n) is 17.2. The second kappa shape index (κ2) is 12.8. The first-order valence-corrected chi connectivity index (χ1v) is 9.97. The van der Waals surface area contributed by atoms with Gasteiger partial charge in [-0.3, -0.25) is 4.79 Å². The van der Waals surface area contributed by atoms with Gasteiger partial charge in [0.05, 0.1) is 7.11 Å². The summed E-state index contributed by atoms with van der Waals surface area (Å²) in [6.45, 7) is 2.36. The van der Waals surface area contributed by atoms with E-state index >= 15 is 0 Å². The van der Waals surface area contributed by atoms with Gasteiger partial charge in [0.1, 0.15) is 12.4 Å². The van der Waals surface area contributed by atoms with Crippen molar-refractivity contribution in [3.05, 3.63) is 41.5 Å². The van der Waals surface area contributed by atoms with Crippen LogP contribution in [-0.4, -0.2) is 19.7 Å². The zero-order chi connectivity index (χ0) is 19.5. The molecule has 151 valence electrons. The predicted octanol–water partition coefficient (Wildman–Crippen LogP) is 5.48. The van der Waals surface area contributed by atoms with E-state index in [4.69, 9.17) is 4.74 Å². The van der Waals surface area contributed by atoms with Crippen molar-refractivity contribution in [2.75, 3.05) is 13.7 Å². The quantitative estimate of drug-likeness (QED) is 0.348. The fraction of sp³-hybridized carbons (Fsp3) is 0.542. The molecule has 0 saturated heterocycles. The fourth-order valence-corrected chi connectivity index (χ4v) is 4.11. The SMILES string of the molecule is C#CC.COC(=O)CCc1ccc(OCC2=CC3(CCCC3)CCC2)cc1.[V]. The van der Waals surface area contributed by atoms with Crippen LogP contribution in [0.25, 0.3) is 0 Å². The number of methoxy groups -OCH3 is 1. The number of ether oxygens (including phenoxy) is 2. The van der Waals surface area contributed by atoms with E-state index in [9.17, 15) is 4.79 Å². The third-order valence-electron chi connectivity index (χ3n) is 5.48. The van der Waals surface area contributed by atoms with Gasteiger partial charge in [0.2, 0.25) is 0 Å². The summed E-state index contributed by atoms with van der Waals surface area (Å²) in [5.74, 6) is 2.99. The molecular weight excluding hydrogens is 387 g/mol. The maximum absolute atomic E-state index is 11.2. The van der Waals surface area contributed by atoms with Gasteiger partial charge in [0.25, 0.3) is 0 Å². The van der Waals surface area contributed by atoms with Crippen molar-refractivity contribution in [1.82, 2.24) is 0 Å². The maximum atomic E-state index is 11.2. The van der Waals surface area contributed by atoms with Crippen LogP contribution in [0.3, 0.4) is 0 Å². The number of hydrogen-bond donors (Lipinski definition) is 0. The van der Waals surface area contributed by atoms with Gasteiger partial charge in [0, 0.05) is 25.0 Å². The molecule has 0 atom stereocenters. The molecule has 2 aliphatic carbocycles. The van der Waals surface area contributed by atoms with Gasteiger partial charge in [-0.1, -0.05) is 31.1 Å². The summed E-state index contributed by atoms with van der Waals surface area (Å²) in [5.41, 5.74) is 3.10. The standard InChI is InChI=1S/C21H28O3.C3H4.V/c1-23-20(22)11-8-17-6-9-19(10-7-17)24-16-18-5-4-14-21(15-18)12-2-3-13-21;1-3-2;/h6-7,9-10,15H,2-5,8,11-14,16H2,1H3;1H,2H3;. The second-order valence-corrected chi connectivity index (χ2v) is 7.52. The Morgan fingerprint density at radius 2 is 1.75 bits per heavy atom. The van der Waals surface area contributed by atoms with Crippen LogP contribution in [-0.2, 0) is 34.5 Å². The van der Waals surface area contributed by atoms with Crippen LogP contribution >= 0.6 is 0 Å². The minimum absolute atomic E-state index is 0. The first kappa shape index (κ1) is 24.4. The zero-order valence-corrected chi connectivity index (χ0v) is 18.6. The van der Waals surface area contributed by atoms with E-state index in [0.717, 1.165) is 11.3 Å². The molecule has 3 nitrogen and oxygen atoms in total. The molecule has 1 aromatic rings. The third-order valence-corrected chi connectivity index (χ3v) is 5.48. The van der Waals surface area contributed by atoms with Gasteiger partial charge < -0.3 is 9.47 Å². The normalized spacial score (nSPS) is 16.7. The van der Waals surface area contributed by atoms with Crippen molar-refractivity contribution in [2.45, 2.75) is 64.7 Å². The van der Waals surface area contributed by atoms with Gasteiger partial charge in [0.15, 0.2) is 0 Å². The van der Waals surface area contributed by atoms with E-state index in [0.29, 0.717) is 24.9 Å². The molecule has 0 bridgehead atoms. The summed E-state index contributed by atoms with van der Waals surface area (Å²) in [7, 11) is 1.43. The molecule has 0 unspecified atom stereocenters. The molecule has 0 heterocycles. The second-order valence-electron chi connectivity index (χ2n) is 7.52. The van der Waals surface area contributed by atoms with Crippen LogP contribution in [0.2, 0.25) is 0 Å². The number of benzene rings is 1. The molecule has 0 aromatic heterocycles. The Kier molecular flexibility index (Phi) is 11.1. The number of rotatable bonds is 6. The van der Waals surface area contributed by atoms with Gasteiger partial charge >= 0.3 is 5.97 Å². The Morgan fingerprint density at radius 3 is 2.36 bits per heavy atom. The van der Waals surface area contributed by atoms with Gasteiger partial charge in [-0.2, -0.15) is 0 Å². The smallest absolute Gasteiger partial charge is 0.305 e. The molecule has 1 saturated carbocycles. The predicted molar refractivity (Wildman–Crippen MR) is 110 cm³/mol. The van der Waals surface area contributed by atoms with E-state index < -0.39 is 0 Å². The molecule has 3 rings (SSSR count). The minimum Gasteiger partial charge on any atom is -0.489 e. The average molecular weight is 419 g/mol. The molecule has 1 spiro atoms. The summed E-state index contributed by atoms with van der Waals surface area (Å²) in [6.07, 6.45) is 17.6. The molecular formula is C24H32O3V. The van der Waals surface area contributed by atoms with Gasteiger partial charge in [-0.25, -0.2) is 0 Å². The number of esters is 1. The molecule has 1 fully saturated rings. The van der Waals surface area contributed by atoms with Crippen LogP contribution in [0.15, 0.2) is 35.9 Å². The number of carbonyl (C=O) groups excluding carboxylic acids is 1. The number of terminal acetylenes is 1. The van der Waals surface area contributed by atoms with Crippen molar-refractivity contribution in [1.29, 1.82) is 0 Å². The molecule has 0 amide bonds. The van der Waals surface area contributed by atoms with Crippen molar-refractivity contribution in [2.24, 2.45) is 5.41 Å². The first-order chi connectivity index (χ1) is 13.1. The molecule has 28 heavy (non-hydrogen) atoms. The summed E-state index contributed by atoms with van der Waals surface area (Å²) in [6, 6.07) is 8.07. The number of carbonyl (C=O) groups is 1. The van der Waals surface area contributed by atoms with Gasteiger partial charge in [-0.05, 0) is 74.1 Å². The van der Waals surface area contributed by atoms with E-state index in [1.807, 2.05) is 24.3 Å². The molecule has 4 heteroatoms. The molecule has 1 radical (unpaired) electrons. The summed E-state index contributed by atoms with van der Waals surface area (Å²) in [4.78, 5) is 11.2. The van der Waals surface area contributed by atoms with E-state index in [2.05, 4.69) is 23.2 Å². The van der Waals surface area contributed by atoms with Crippen molar-refractivity contribution >= 4 is 5.97 Å². The Bertz CT molecular complexity index is 664. The van der Waals surface area contributed by atoms with Crippen LogP contribution < -0.4 is 4.74 Å². The number of allylic oxidation sites excluding steroid dienone is 1. The van der Waals surface area contributed by atoms with Crippen molar-refractivity contribution in [3.8, 4) is 18.1 Å². The van der Waals surface area contributed by atoms with E-state index in [1.165, 1.54) is 57.6 Å². The fourth-order valence-electron chi connectivity index (χ4n) is 4.11. The number of hydrogen-bond acceptors (Lipinski definition) is 3. The minimum atomic E-state index is -0.166. The summed E-state index contributed by atoms with van der Waals surface area (Å²) in [5, 5.41) is 0. The summed E-state index contributed by atoms with van der Waals surface area (Å²) < 4.78 is 10.7. The monoisotopic (exact) mass is 419 g/mol. The molecule has 1 aromatic carbocycles. The van der Waals surface area contributed by atoms with Gasteiger partial charge in [-0.15, -0.1) is 12.3 Å². The third kappa shape index (κ3) is 7.78. The summed E-state index contributed by atoms with van der Waals surface area (Å²) >= 11 is 0. The molecule has 0 aliphatic heterocycles. The topological polar surface area (TPSA) is 35.5 Å². The van der Waals surface area contributed by atoms with Crippen molar-refractivity contribution < 1.29 is 32.8 Å². The first-order valence-electron chi connectivity index (χ1n) is 9.97. The molecule has 0 N–H and O–H groups in total. The Hall–Kier alpha value is -1.63. The Morgan fingerprint density at radius 1 is 1.14 bits per heavy atom. The number of aryl methyl sites for hydroxylation is 1.